The number of nitrogens with zero attached hydrogens (tertiary/aromatic N) is 3. The SMILES string of the molecule is c1ccc(C2(c3ccccc3)c3ccccc3-c3c(-c4nc(-c5ccccc5-c5ccc6c(c5)sc5ccccc56)nc(-c5cccc6c5sc5ccccc56)n4)cccc32)cc1. The Morgan fingerprint density at radius 2 is 0.810 bits per heavy atom. The third-order valence-electron chi connectivity index (χ3n) is 12.9. The summed E-state index contributed by atoms with van der Waals surface area (Å²) in [5, 5.41) is 5.02. The first-order valence-corrected chi connectivity index (χ1v) is 22.9. The fourth-order valence-corrected chi connectivity index (χ4v) is 12.5. The molecule has 0 amide bonds. The number of rotatable bonds is 6. The fraction of sp³-hybridized carbons (Fsp3) is 0.0172. The molecule has 0 N–H and O–H groups in total. The zero-order valence-electron chi connectivity index (χ0n) is 33.9. The van der Waals surface area contributed by atoms with E-state index < -0.39 is 5.41 Å². The van der Waals surface area contributed by atoms with E-state index in [1.165, 1.54) is 68.2 Å². The zero-order chi connectivity index (χ0) is 41.5. The van der Waals surface area contributed by atoms with Gasteiger partial charge in [-0.15, -0.1) is 22.7 Å². The molecule has 0 aliphatic heterocycles. The van der Waals surface area contributed by atoms with Crippen molar-refractivity contribution < 1.29 is 0 Å². The van der Waals surface area contributed by atoms with E-state index in [0.717, 1.165) is 33.4 Å². The van der Waals surface area contributed by atoms with E-state index in [9.17, 15) is 0 Å². The van der Waals surface area contributed by atoms with E-state index >= 15 is 0 Å². The first-order valence-electron chi connectivity index (χ1n) is 21.3. The second-order valence-electron chi connectivity index (χ2n) is 16.2. The summed E-state index contributed by atoms with van der Waals surface area (Å²) in [5.74, 6) is 1.94. The molecular weight excluding hydrogens is 803 g/mol. The van der Waals surface area contributed by atoms with Gasteiger partial charge in [0.2, 0.25) is 0 Å². The Balaban J connectivity index is 1.09. The van der Waals surface area contributed by atoms with Gasteiger partial charge in [-0.3, -0.25) is 0 Å². The van der Waals surface area contributed by atoms with Gasteiger partial charge in [0.25, 0.3) is 0 Å². The highest BCUT2D eigenvalue weighted by Crippen LogP contribution is 2.58. The standard InChI is InChI=1S/C58H35N3S2/c1-3-17-37(18-4-1)58(38-19-5-2-6-20-38)48-29-12-9-25-45(48)53-46(27-16-30-49(53)58)56-59-55(60-57(61-56)47-28-15-26-43-41-23-11-14-32-51(41)63-54(43)47)44-24-8-7-21-39(44)36-33-34-42-40-22-10-13-31-50(40)62-52(42)35-36/h1-35H. The lowest BCUT2D eigenvalue weighted by Crippen LogP contribution is -2.28. The maximum atomic E-state index is 5.53. The molecule has 0 bridgehead atoms. The van der Waals surface area contributed by atoms with Gasteiger partial charge >= 0.3 is 0 Å². The van der Waals surface area contributed by atoms with Crippen molar-refractivity contribution in [3.05, 3.63) is 235 Å². The Morgan fingerprint density at radius 1 is 0.317 bits per heavy atom. The van der Waals surface area contributed by atoms with Crippen LogP contribution in [0.25, 0.3) is 96.8 Å². The molecule has 3 aromatic heterocycles. The maximum Gasteiger partial charge on any atom is 0.165 e. The van der Waals surface area contributed by atoms with Crippen molar-refractivity contribution in [2.75, 3.05) is 0 Å². The smallest absolute Gasteiger partial charge is 0.165 e. The summed E-state index contributed by atoms with van der Waals surface area (Å²) in [7, 11) is 0. The van der Waals surface area contributed by atoms with Gasteiger partial charge in [0, 0.05) is 57.0 Å². The highest BCUT2D eigenvalue weighted by atomic mass is 32.1. The molecule has 5 heteroatoms. The Hall–Kier alpha value is -7.57. The number of fused-ring (bicyclic) bond motifs is 9. The van der Waals surface area contributed by atoms with Crippen LogP contribution < -0.4 is 0 Å². The third kappa shape index (κ3) is 5.47. The van der Waals surface area contributed by atoms with E-state index in [4.69, 9.17) is 15.0 Å². The number of benzene rings is 9. The van der Waals surface area contributed by atoms with Crippen LogP contribution in [-0.2, 0) is 5.41 Å². The van der Waals surface area contributed by atoms with Crippen molar-refractivity contribution in [1.82, 2.24) is 15.0 Å². The van der Waals surface area contributed by atoms with E-state index in [1.807, 2.05) is 11.3 Å². The zero-order valence-corrected chi connectivity index (χ0v) is 35.5. The molecule has 13 rings (SSSR count). The van der Waals surface area contributed by atoms with Gasteiger partial charge in [-0.05, 0) is 68.8 Å². The summed E-state index contributed by atoms with van der Waals surface area (Å²) in [6.45, 7) is 0. The van der Waals surface area contributed by atoms with Gasteiger partial charge < -0.3 is 0 Å². The van der Waals surface area contributed by atoms with E-state index in [2.05, 4.69) is 212 Å². The second kappa shape index (κ2) is 14.2. The first-order chi connectivity index (χ1) is 31.2. The van der Waals surface area contributed by atoms with Gasteiger partial charge in [0.1, 0.15) is 0 Å². The maximum absolute atomic E-state index is 5.53. The molecule has 294 valence electrons. The van der Waals surface area contributed by atoms with Crippen LogP contribution >= 0.6 is 22.7 Å². The molecule has 0 radical (unpaired) electrons. The second-order valence-corrected chi connectivity index (χ2v) is 18.3. The van der Waals surface area contributed by atoms with Crippen LogP contribution in [0.2, 0.25) is 0 Å². The number of hydrogen-bond acceptors (Lipinski definition) is 5. The Labute approximate surface area is 372 Å². The molecule has 0 atom stereocenters. The Bertz CT molecular complexity index is 3720. The monoisotopic (exact) mass is 837 g/mol. The number of aromatic nitrogens is 3. The van der Waals surface area contributed by atoms with Crippen molar-refractivity contribution in [1.29, 1.82) is 0 Å². The van der Waals surface area contributed by atoms with E-state index in [0.29, 0.717) is 17.5 Å². The van der Waals surface area contributed by atoms with Gasteiger partial charge in [0.05, 0.1) is 5.41 Å². The molecule has 3 nitrogen and oxygen atoms in total. The third-order valence-corrected chi connectivity index (χ3v) is 15.2. The summed E-state index contributed by atoms with van der Waals surface area (Å²) in [6, 6.07) is 76.7. The molecule has 0 saturated heterocycles. The van der Waals surface area contributed by atoms with Crippen molar-refractivity contribution in [2.24, 2.45) is 0 Å². The number of thiophene rings is 2. The fourth-order valence-electron chi connectivity index (χ4n) is 10.2. The first kappa shape index (κ1) is 36.1. The molecule has 0 spiro atoms. The van der Waals surface area contributed by atoms with Crippen molar-refractivity contribution in [3.8, 4) is 56.4 Å². The molecule has 12 aromatic rings. The van der Waals surface area contributed by atoms with Gasteiger partial charge in [-0.1, -0.05) is 188 Å². The summed E-state index contributed by atoms with van der Waals surface area (Å²) >= 11 is 3.63. The molecule has 0 unspecified atom stereocenters. The van der Waals surface area contributed by atoms with Crippen molar-refractivity contribution in [2.45, 2.75) is 5.41 Å². The lowest BCUT2D eigenvalue weighted by molar-refractivity contribution is 0.768. The van der Waals surface area contributed by atoms with Crippen LogP contribution in [0.15, 0.2) is 212 Å². The lowest BCUT2D eigenvalue weighted by atomic mass is 9.67. The average molecular weight is 838 g/mol. The highest BCUT2D eigenvalue weighted by Gasteiger charge is 2.47. The topological polar surface area (TPSA) is 38.7 Å². The van der Waals surface area contributed by atoms with Gasteiger partial charge in [0.15, 0.2) is 17.5 Å². The number of hydrogen-bond donors (Lipinski definition) is 0. The highest BCUT2D eigenvalue weighted by molar-refractivity contribution is 7.26. The van der Waals surface area contributed by atoms with Crippen LogP contribution in [0, 0.1) is 0 Å². The van der Waals surface area contributed by atoms with Crippen LogP contribution in [0.5, 0.6) is 0 Å². The quantitative estimate of drug-likeness (QED) is 0.167. The van der Waals surface area contributed by atoms with Gasteiger partial charge in [-0.25, -0.2) is 15.0 Å². The van der Waals surface area contributed by atoms with Crippen molar-refractivity contribution in [3.63, 3.8) is 0 Å². The molecule has 63 heavy (non-hydrogen) atoms. The van der Waals surface area contributed by atoms with Crippen molar-refractivity contribution >= 4 is 63.0 Å². The molecule has 1 aliphatic carbocycles. The minimum Gasteiger partial charge on any atom is -0.208 e. The minimum absolute atomic E-state index is 0.552. The predicted octanol–water partition coefficient (Wildman–Crippen LogP) is 15.6. The molecule has 3 heterocycles. The van der Waals surface area contributed by atoms with Crippen LogP contribution in [0.4, 0.5) is 0 Å². The Kier molecular flexibility index (Phi) is 8.17. The summed E-state index contributed by atoms with van der Waals surface area (Å²) < 4.78 is 4.96. The van der Waals surface area contributed by atoms with Crippen LogP contribution in [0.3, 0.4) is 0 Å². The average Bonchev–Trinajstić information content (AvgIpc) is 4.03. The van der Waals surface area contributed by atoms with E-state index in [1.54, 1.807) is 11.3 Å². The molecule has 1 aliphatic rings. The summed E-state index contributed by atoms with van der Waals surface area (Å²) in [4.78, 5) is 16.5. The minimum atomic E-state index is -0.552. The van der Waals surface area contributed by atoms with Crippen LogP contribution in [0.1, 0.15) is 22.3 Å². The predicted molar refractivity (Wildman–Crippen MR) is 265 cm³/mol. The lowest BCUT2D eigenvalue weighted by Gasteiger charge is -2.33. The van der Waals surface area contributed by atoms with Gasteiger partial charge in [-0.2, -0.15) is 0 Å². The van der Waals surface area contributed by atoms with E-state index in [-0.39, 0.29) is 0 Å². The largest absolute Gasteiger partial charge is 0.208 e. The normalized spacial score (nSPS) is 12.9. The summed E-state index contributed by atoms with van der Waals surface area (Å²) in [6.07, 6.45) is 0. The molecule has 0 saturated carbocycles. The molecule has 9 aromatic carbocycles. The van der Waals surface area contributed by atoms with Crippen LogP contribution in [-0.4, -0.2) is 15.0 Å². The molecular formula is C58H35N3S2. The summed E-state index contributed by atoms with van der Waals surface area (Å²) in [5.41, 5.74) is 11.8. The Morgan fingerprint density at radius 3 is 1.56 bits per heavy atom. The molecule has 0 fully saturated rings.